The molecule has 0 N–H and O–H groups in total. The summed E-state index contributed by atoms with van der Waals surface area (Å²) in [5, 5.41) is 0. The lowest BCUT2D eigenvalue weighted by molar-refractivity contribution is -0.167. The van der Waals surface area contributed by atoms with Crippen molar-refractivity contribution >= 4 is 17.9 Å². The highest BCUT2D eigenvalue weighted by atomic mass is 16.6. The Morgan fingerprint density at radius 3 is 0.836 bits per heavy atom. The highest BCUT2D eigenvalue weighted by Gasteiger charge is 2.19. The molecule has 0 heterocycles. The molecule has 0 aliphatic heterocycles. The van der Waals surface area contributed by atoms with Gasteiger partial charge in [0.05, 0.1) is 0 Å². The van der Waals surface area contributed by atoms with E-state index >= 15 is 0 Å². The van der Waals surface area contributed by atoms with Crippen molar-refractivity contribution in [2.45, 2.75) is 219 Å². The van der Waals surface area contributed by atoms with Crippen LogP contribution in [0, 0.1) is 0 Å². The van der Waals surface area contributed by atoms with Gasteiger partial charge in [-0.2, -0.15) is 0 Å². The summed E-state index contributed by atoms with van der Waals surface area (Å²) in [6.07, 6.45) is 75.9. The molecule has 376 valence electrons. The average Bonchev–Trinajstić information content (AvgIpc) is 3.33. The predicted molar refractivity (Wildman–Crippen MR) is 288 cm³/mol. The SMILES string of the molecule is CCCCC/C=C\C/C=C\C/C=C\C/C=C\CCCC(=O)OC[C@@H](COC(=O)CCCC/C=C\C/C=C\C/C=C\CCCCC)OC(=O)CCC/C=C\C/C=C\C/C=C\C/C=C\CCCCC. The fourth-order valence-corrected chi connectivity index (χ4v) is 6.55. The number of allylic oxidation sites excluding steroid dienone is 22. The largest absolute Gasteiger partial charge is 0.462 e. The highest BCUT2D eigenvalue weighted by molar-refractivity contribution is 5.71. The van der Waals surface area contributed by atoms with Crippen molar-refractivity contribution in [1.29, 1.82) is 0 Å². The minimum Gasteiger partial charge on any atom is -0.462 e. The molecule has 0 aromatic carbocycles. The van der Waals surface area contributed by atoms with Gasteiger partial charge < -0.3 is 14.2 Å². The van der Waals surface area contributed by atoms with Gasteiger partial charge in [-0.3, -0.25) is 14.4 Å². The van der Waals surface area contributed by atoms with Gasteiger partial charge in [0, 0.05) is 19.3 Å². The van der Waals surface area contributed by atoms with Gasteiger partial charge in [0.2, 0.25) is 0 Å². The molecule has 0 aromatic heterocycles. The van der Waals surface area contributed by atoms with E-state index in [4.69, 9.17) is 14.2 Å². The van der Waals surface area contributed by atoms with Crippen LogP contribution in [0.2, 0.25) is 0 Å². The van der Waals surface area contributed by atoms with Crippen LogP contribution in [0.4, 0.5) is 0 Å². The van der Waals surface area contributed by atoms with E-state index < -0.39 is 12.1 Å². The first-order chi connectivity index (χ1) is 33.0. The fourth-order valence-electron chi connectivity index (χ4n) is 6.55. The lowest BCUT2D eigenvalue weighted by Crippen LogP contribution is -2.30. The molecule has 0 aliphatic rings. The molecule has 0 aromatic rings. The quantitative estimate of drug-likeness (QED) is 0.0262. The van der Waals surface area contributed by atoms with E-state index in [1.165, 1.54) is 77.0 Å². The number of hydrogen-bond acceptors (Lipinski definition) is 6. The van der Waals surface area contributed by atoms with Crippen molar-refractivity contribution in [3.8, 4) is 0 Å². The Kier molecular flexibility index (Phi) is 50.6. The average molecular weight is 925 g/mol. The lowest BCUT2D eigenvalue weighted by Gasteiger charge is -2.18. The van der Waals surface area contributed by atoms with Gasteiger partial charge in [-0.05, 0) is 135 Å². The van der Waals surface area contributed by atoms with Crippen molar-refractivity contribution in [2.24, 2.45) is 0 Å². The molecule has 0 saturated heterocycles. The number of unbranched alkanes of at least 4 members (excludes halogenated alkanes) is 13. The van der Waals surface area contributed by atoms with Crippen LogP contribution >= 0.6 is 0 Å². The second-order valence-corrected chi connectivity index (χ2v) is 17.1. The third kappa shape index (κ3) is 52.4. The minimum absolute atomic E-state index is 0.141. The topological polar surface area (TPSA) is 78.9 Å². The zero-order valence-corrected chi connectivity index (χ0v) is 42.9. The molecular formula is C61H96O6. The molecule has 0 unspecified atom stereocenters. The molecule has 0 radical (unpaired) electrons. The van der Waals surface area contributed by atoms with Gasteiger partial charge in [-0.1, -0.05) is 193 Å². The number of ether oxygens (including phenoxy) is 3. The van der Waals surface area contributed by atoms with E-state index in [0.29, 0.717) is 19.3 Å². The number of esters is 3. The molecule has 6 heteroatoms. The molecule has 0 bridgehead atoms. The summed E-state index contributed by atoms with van der Waals surface area (Å²) in [5.41, 5.74) is 0. The van der Waals surface area contributed by atoms with Crippen molar-refractivity contribution in [1.82, 2.24) is 0 Å². The summed E-state index contributed by atoms with van der Waals surface area (Å²) in [6, 6.07) is 0. The van der Waals surface area contributed by atoms with Gasteiger partial charge in [-0.25, -0.2) is 0 Å². The maximum atomic E-state index is 12.8. The first kappa shape index (κ1) is 62.5. The second-order valence-electron chi connectivity index (χ2n) is 17.1. The minimum atomic E-state index is -0.849. The van der Waals surface area contributed by atoms with Gasteiger partial charge >= 0.3 is 17.9 Å². The van der Waals surface area contributed by atoms with E-state index in [-0.39, 0.29) is 44.4 Å². The monoisotopic (exact) mass is 925 g/mol. The smallest absolute Gasteiger partial charge is 0.306 e. The van der Waals surface area contributed by atoms with Crippen LogP contribution in [-0.4, -0.2) is 37.2 Å². The third-order valence-electron chi connectivity index (χ3n) is 10.6. The Morgan fingerprint density at radius 2 is 0.537 bits per heavy atom. The van der Waals surface area contributed by atoms with Crippen LogP contribution in [0.25, 0.3) is 0 Å². The summed E-state index contributed by atoms with van der Waals surface area (Å²) < 4.78 is 16.7. The van der Waals surface area contributed by atoms with E-state index in [9.17, 15) is 14.4 Å². The Morgan fingerprint density at radius 1 is 0.299 bits per heavy atom. The normalized spacial score (nSPS) is 13.2. The molecule has 0 rings (SSSR count). The van der Waals surface area contributed by atoms with Crippen molar-refractivity contribution in [2.75, 3.05) is 13.2 Å². The summed E-state index contributed by atoms with van der Waals surface area (Å²) >= 11 is 0. The van der Waals surface area contributed by atoms with Crippen molar-refractivity contribution < 1.29 is 28.6 Å². The summed E-state index contributed by atoms with van der Waals surface area (Å²) in [5.74, 6) is -1.10. The maximum Gasteiger partial charge on any atom is 0.306 e. The van der Waals surface area contributed by atoms with E-state index in [1.54, 1.807) is 0 Å². The standard InChI is InChI=1S/C61H96O6/c1-4-7-10-13-16-19-22-25-28-30-33-36-39-42-45-48-51-54-60(63)66-57-58(56-65-59(62)53-50-47-44-41-38-35-32-27-24-21-18-15-12-9-6-3)67-61(64)55-52-49-46-43-40-37-34-31-29-26-23-20-17-14-11-8-5-2/h16-21,25-29,32-34,36-38,41-43,45-46,58H,4-15,22-24,30-31,35,39-40,44,47-57H2,1-3H3/b19-16-,20-17-,21-18-,28-25-,29-26-,32-27-,36-33-,37-34-,41-38-,45-42-,46-43-/t58-/m1/s1. The van der Waals surface area contributed by atoms with E-state index in [0.717, 1.165) is 77.0 Å². The molecule has 0 fully saturated rings. The Labute approximate surface area is 411 Å². The molecule has 0 spiro atoms. The third-order valence-corrected chi connectivity index (χ3v) is 10.6. The van der Waals surface area contributed by atoms with Gasteiger partial charge in [0.15, 0.2) is 6.10 Å². The lowest BCUT2D eigenvalue weighted by atomic mass is 10.1. The Hall–Kier alpha value is -4.45. The van der Waals surface area contributed by atoms with Crippen LogP contribution < -0.4 is 0 Å². The molecule has 0 aliphatic carbocycles. The molecule has 67 heavy (non-hydrogen) atoms. The zero-order chi connectivity index (χ0) is 48.6. The number of rotatable bonds is 46. The molecular weight excluding hydrogens is 829 g/mol. The van der Waals surface area contributed by atoms with Gasteiger partial charge in [-0.15, -0.1) is 0 Å². The summed E-state index contributed by atoms with van der Waals surface area (Å²) in [4.78, 5) is 38.0. The number of carbonyl (C=O) groups is 3. The Balaban J connectivity index is 4.66. The van der Waals surface area contributed by atoms with Crippen molar-refractivity contribution in [3.05, 3.63) is 134 Å². The maximum absolute atomic E-state index is 12.8. The van der Waals surface area contributed by atoms with Gasteiger partial charge in [0.1, 0.15) is 13.2 Å². The van der Waals surface area contributed by atoms with E-state index in [2.05, 4.69) is 154 Å². The summed E-state index contributed by atoms with van der Waals surface area (Å²) in [7, 11) is 0. The molecule has 6 nitrogen and oxygen atoms in total. The van der Waals surface area contributed by atoms with Crippen LogP contribution in [-0.2, 0) is 28.6 Å². The molecule has 1 atom stereocenters. The van der Waals surface area contributed by atoms with Crippen LogP contribution in [0.3, 0.4) is 0 Å². The Bertz CT molecular complexity index is 1480. The van der Waals surface area contributed by atoms with Crippen LogP contribution in [0.1, 0.15) is 213 Å². The summed E-state index contributed by atoms with van der Waals surface area (Å²) in [6.45, 7) is 6.40. The number of hydrogen-bond donors (Lipinski definition) is 0. The number of carbonyl (C=O) groups excluding carboxylic acids is 3. The zero-order valence-electron chi connectivity index (χ0n) is 42.9. The first-order valence-corrected chi connectivity index (χ1v) is 26.7. The van der Waals surface area contributed by atoms with Crippen molar-refractivity contribution in [3.63, 3.8) is 0 Å². The van der Waals surface area contributed by atoms with Gasteiger partial charge in [0.25, 0.3) is 0 Å². The first-order valence-electron chi connectivity index (χ1n) is 26.7. The van der Waals surface area contributed by atoms with Crippen LogP contribution in [0.5, 0.6) is 0 Å². The second kappa shape index (κ2) is 54.2. The highest BCUT2D eigenvalue weighted by Crippen LogP contribution is 2.10. The predicted octanol–water partition coefficient (Wildman–Crippen LogP) is 17.9. The molecule has 0 amide bonds. The van der Waals surface area contributed by atoms with E-state index in [1.807, 2.05) is 0 Å². The molecule has 0 saturated carbocycles. The fraction of sp³-hybridized carbons (Fsp3) is 0.590. The van der Waals surface area contributed by atoms with Crippen LogP contribution in [0.15, 0.2) is 134 Å².